The molecule has 6 nitrogen and oxygen atoms in total. The van der Waals surface area contributed by atoms with Gasteiger partial charge in [-0.2, -0.15) is 0 Å². The highest BCUT2D eigenvalue weighted by atomic mass is 35.5. The van der Waals surface area contributed by atoms with Gasteiger partial charge in [-0.15, -0.1) is 18.2 Å². The number of aldehydes is 1. The number of imidazole rings is 1. The van der Waals surface area contributed by atoms with Crippen molar-refractivity contribution in [3.8, 4) is 11.5 Å². The molecule has 39 heavy (non-hydrogen) atoms. The van der Waals surface area contributed by atoms with E-state index in [0.717, 1.165) is 37.3 Å². The Balaban J connectivity index is 0.000000344. The zero-order valence-corrected chi connectivity index (χ0v) is 25.4. The molecule has 0 saturated heterocycles. The second kappa shape index (κ2) is 16.3. The topological polar surface area (TPSA) is 56.1 Å². The Morgan fingerprint density at radius 2 is 1.95 bits per heavy atom. The molecule has 0 aliphatic rings. The van der Waals surface area contributed by atoms with Crippen LogP contribution in [0.15, 0.2) is 60.8 Å². The van der Waals surface area contributed by atoms with Crippen LogP contribution in [-0.2, 0) is 13.0 Å². The first-order valence-corrected chi connectivity index (χ1v) is 13.9. The van der Waals surface area contributed by atoms with Crippen molar-refractivity contribution in [2.45, 2.75) is 52.0 Å². The first kappa shape index (κ1) is 32.4. The second-order valence-corrected chi connectivity index (χ2v) is 10.6. The van der Waals surface area contributed by atoms with Gasteiger partial charge in [0.15, 0.2) is 17.8 Å². The molecule has 0 fully saturated rings. The number of halogens is 2. The molecule has 0 amide bonds. The van der Waals surface area contributed by atoms with Crippen LogP contribution in [0.5, 0.6) is 11.5 Å². The molecule has 2 aromatic heterocycles. The molecule has 0 N–H and O–H groups in total. The molecule has 0 bridgehead atoms. The first-order chi connectivity index (χ1) is 18.7. The number of benzene rings is 1. The number of pyridine rings is 1. The van der Waals surface area contributed by atoms with Crippen LogP contribution < -0.4 is 9.47 Å². The molecular weight excluding hydrogens is 533 g/mol. The number of methoxy groups -OCH3 is 2. The Labute approximate surface area is 243 Å². The summed E-state index contributed by atoms with van der Waals surface area (Å²) in [5, 5.41) is 0.259. The van der Waals surface area contributed by atoms with Crippen molar-refractivity contribution in [1.29, 1.82) is 0 Å². The van der Waals surface area contributed by atoms with Crippen molar-refractivity contribution >= 4 is 35.1 Å². The van der Waals surface area contributed by atoms with Crippen molar-refractivity contribution in [1.82, 2.24) is 14.3 Å². The van der Waals surface area contributed by atoms with Crippen molar-refractivity contribution in [2.75, 3.05) is 27.8 Å². The first-order valence-electron chi connectivity index (χ1n) is 13.1. The zero-order chi connectivity index (χ0) is 28.9. The summed E-state index contributed by atoms with van der Waals surface area (Å²) in [4.78, 5) is 17.8. The number of carbonyl (C=O) groups is 1. The van der Waals surface area contributed by atoms with Gasteiger partial charge in [0.25, 0.3) is 0 Å². The Bertz CT molecular complexity index is 1250. The summed E-state index contributed by atoms with van der Waals surface area (Å²) in [5.74, 6) is 1.61. The van der Waals surface area contributed by atoms with E-state index in [1.165, 1.54) is 31.9 Å². The lowest BCUT2D eigenvalue weighted by Gasteiger charge is -2.18. The number of hydrogen-bond donors (Lipinski definition) is 0. The number of fused-ring (bicyclic) bond motifs is 1. The SMILES string of the molecule is C=CCC(Cl)/C(=C\C)Cc1c(CN(C)CCC(C)C)nc2ccccn12.COc1ccc(C=O)c(Cl)c1OC. The number of hydrogen-bond acceptors (Lipinski definition) is 5. The smallest absolute Gasteiger partial charge is 0.180 e. The zero-order valence-electron chi connectivity index (χ0n) is 23.9. The van der Waals surface area contributed by atoms with Crippen molar-refractivity contribution in [2.24, 2.45) is 5.92 Å². The molecule has 8 heteroatoms. The number of ether oxygens (including phenoxy) is 2. The van der Waals surface area contributed by atoms with E-state index in [1.54, 1.807) is 12.1 Å². The van der Waals surface area contributed by atoms with Gasteiger partial charge in [-0.05, 0) is 63.5 Å². The Morgan fingerprint density at radius 3 is 2.54 bits per heavy atom. The maximum absolute atomic E-state index is 10.5. The molecule has 1 aromatic carbocycles. The van der Waals surface area contributed by atoms with E-state index in [0.29, 0.717) is 29.3 Å². The van der Waals surface area contributed by atoms with Crippen LogP contribution in [0.3, 0.4) is 0 Å². The van der Waals surface area contributed by atoms with Gasteiger partial charge in [0.1, 0.15) is 5.65 Å². The summed E-state index contributed by atoms with van der Waals surface area (Å²) in [5.41, 5.74) is 4.99. The van der Waals surface area contributed by atoms with Crippen molar-refractivity contribution in [3.05, 3.63) is 82.8 Å². The molecule has 0 spiro atoms. The predicted molar refractivity (Wildman–Crippen MR) is 163 cm³/mol. The maximum Gasteiger partial charge on any atom is 0.180 e. The van der Waals surface area contributed by atoms with Crippen molar-refractivity contribution in [3.63, 3.8) is 0 Å². The number of carbonyl (C=O) groups excluding carboxylic acids is 1. The van der Waals surface area contributed by atoms with E-state index in [4.69, 9.17) is 37.7 Å². The van der Waals surface area contributed by atoms with E-state index in [2.05, 4.69) is 68.1 Å². The second-order valence-electron chi connectivity index (χ2n) is 9.71. The average molecular weight is 575 g/mol. The van der Waals surface area contributed by atoms with Crippen molar-refractivity contribution < 1.29 is 14.3 Å². The van der Waals surface area contributed by atoms with E-state index < -0.39 is 0 Å². The fraction of sp³-hybridized carbons (Fsp3) is 0.419. The lowest BCUT2D eigenvalue weighted by molar-refractivity contribution is 0.112. The van der Waals surface area contributed by atoms with Gasteiger partial charge in [0, 0.05) is 24.7 Å². The highest BCUT2D eigenvalue weighted by molar-refractivity contribution is 6.34. The van der Waals surface area contributed by atoms with Gasteiger partial charge in [-0.25, -0.2) is 4.98 Å². The molecule has 0 radical (unpaired) electrons. The van der Waals surface area contributed by atoms with E-state index in [-0.39, 0.29) is 10.4 Å². The normalized spacial score (nSPS) is 12.3. The molecule has 3 aromatic rings. The maximum atomic E-state index is 10.5. The molecule has 1 unspecified atom stereocenters. The molecule has 0 aliphatic heterocycles. The van der Waals surface area contributed by atoms with Crippen LogP contribution in [0.4, 0.5) is 0 Å². The minimum atomic E-state index is -0.0155. The van der Waals surface area contributed by atoms with Gasteiger partial charge >= 0.3 is 0 Å². The van der Waals surface area contributed by atoms with Gasteiger partial charge < -0.3 is 18.8 Å². The Kier molecular flexibility index (Phi) is 13.6. The monoisotopic (exact) mass is 573 g/mol. The third-order valence-electron chi connectivity index (χ3n) is 6.38. The summed E-state index contributed by atoms with van der Waals surface area (Å²) in [6.45, 7) is 12.3. The van der Waals surface area contributed by atoms with Crippen LogP contribution in [0.25, 0.3) is 5.65 Å². The average Bonchev–Trinajstić information content (AvgIpc) is 3.27. The lowest BCUT2D eigenvalue weighted by Crippen LogP contribution is -2.21. The fourth-order valence-corrected chi connectivity index (χ4v) is 4.71. The summed E-state index contributed by atoms with van der Waals surface area (Å²) in [7, 11) is 5.15. The molecule has 3 rings (SSSR count). The number of alkyl halides is 1. The van der Waals surface area contributed by atoms with Crippen LogP contribution >= 0.6 is 23.2 Å². The minimum Gasteiger partial charge on any atom is -0.493 e. The summed E-state index contributed by atoms with van der Waals surface area (Å²) < 4.78 is 12.2. The summed E-state index contributed by atoms with van der Waals surface area (Å²) in [6, 6.07) is 9.38. The minimum absolute atomic E-state index is 0.0155. The number of nitrogens with zero attached hydrogens (tertiary/aromatic N) is 3. The van der Waals surface area contributed by atoms with E-state index >= 15 is 0 Å². The highest BCUT2D eigenvalue weighted by Crippen LogP contribution is 2.36. The number of rotatable bonds is 13. The fourth-order valence-electron chi connectivity index (χ4n) is 4.10. The molecule has 212 valence electrons. The predicted octanol–water partition coefficient (Wildman–Crippen LogP) is 7.65. The van der Waals surface area contributed by atoms with Crippen LogP contribution in [0, 0.1) is 5.92 Å². The van der Waals surface area contributed by atoms with Crippen LogP contribution in [-0.4, -0.2) is 53.8 Å². The third-order valence-corrected chi connectivity index (χ3v) is 7.23. The molecule has 1 atom stereocenters. The largest absolute Gasteiger partial charge is 0.493 e. The Hall–Kier alpha value is -2.80. The third kappa shape index (κ3) is 9.13. The van der Waals surface area contributed by atoms with Crippen LogP contribution in [0.1, 0.15) is 55.4 Å². The van der Waals surface area contributed by atoms with Gasteiger partial charge in [0.2, 0.25) is 0 Å². The molecule has 0 saturated carbocycles. The molecular formula is C31H41Cl2N3O3. The number of allylic oxidation sites excluding steroid dienone is 3. The summed E-state index contributed by atoms with van der Waals surface area (Å²) >= 11 is 12.4. The van der Waals surface area contributed by atoms with Gasteiger partial charge in [-0.1, -0.05) is 49.2 Å². The van der Waals surface area contributed by atoms with Gasteiger partial charge in [-0.3, -0.25) is 4.79 Å². The van der Waals surface area contributed by atoms with E-state index in [1.807, 2.05) is 12.1 Å². The van der Waals surface area contributed by atoms with E-state index in [9.17, 15) is 4.79 Å². The molecule has 2 heterocycles. The van der Waals surface area contributed by atoms with Gasteiger partial charge in [0.05, 0.1) is 36.0 Å². The lowest BCUT2D eigenvalue weighted by atomic mass is 10.0. The standard InChI is InChI=1S/C22H32ClN3.C9H9ClO3/c1-6-10-19(23)18(7-2)15-21-20(16-25(5)14-12-17(3)4)24-22-11-8-9-13-26(21)22;1-12-7-4-3-6(5-11)8(10)9(7)13-2/h6-9,11,13,17,19H,1,10,12,14-16H2,2-5H3;3-5H,1-2H3/b18-7-;. The molecule has 0 aliphatic carbocycles. The van der Waals surface area contributed by atoms with Crippen LogP contribution in [0.2, 0.25) is 5.02 Å². The number of aromatic nitrogens is 2. The quantitative estimate of drug-likeness (QED) is 0.119. The summed E-state index contributed by atoms with van der Waals surface area (Å²) in [6.07, 6.45) is 9.58. The highest BCUT2D eigenvalue weighted by Gasteiger charge is 2.18. The Morgan fingerprint density at radius 1 is 1.21 bits per heavy atom.